The number of hydrogen-bond acceptors (Lipinski definition) is 1. The second-order valence-electron chi connectivity index (χ2n) is 5.31. The molecule has 3 nitrogen and oxygen atoms in total. The van der Waals surface area contributed by atoms with Crippen LogP contribution >= 0.6 is 0 Å². The molecule has 1 aliphatic rings. The van der Waals surface area contributed by atoms with Gasteiger partial charge in [-0.25, -0.2) is 13.8 Å². The fraction of sp³-hybridized carbons (Fsp3) is 0.462. The molecule has 1 saturated carbocycles. The number of rotatable bonds is 2. The van der Waals surface area contributed by atoms with Crippen LogP contribution < -0.4 is 11.1 Å². The number of hydrogen-bond donors (Lipinski definition) is 2. The van der Waals surface area contributed by atoms with Crippen LogP contribution in [0.3, 0.4) is 0 Å². The average Bonchev–Trinajstić information content (AvgIpc) is 2.30. The SMILES string of the molecule is CC1(C)CCC1N=C(N)Nc1cc(F)ccc1F. The van der Waals surface area contributed by atoms with Crippen LogP contribution in [0.4, 0.5) is 14.5 Å². The van der Waals surface area contributed by atoms with Crippen molar-refractivity contribution in [3.8, 4) is 0 Å². The van der Waals surface area contributed by atoms with Crippen molar-refractivity contribution < 1.29 is 8.78 Å². The highest BCUT2D eigenvalue weighted by Crippen LogP contribution is 2.42. The lowest BCUT2D eigenvalue weighted by Gasteiger charge is -2.41. The summed E-state index contributed by atoms with van der Waals surface area (Å²) in [6.07, 6.45) is 2.07. The highest BCUT2D eigenvalue weighted by molar-refractivity contribution is 5.92. The van der Waals surface area contributed by atoms with Gasteiger partial charge in [0.25, 0.3) is 0 Å². The topological polar surface area (TPSA) is 50.4 Å². The summed E-state index contributed by atoms with van der Waals surface area (Å²) in [5.41, 5.74) is 5.85. The van der Waals surface area contributed by atoms with E-state index < -0.39 is 11.6 Å². The third-order valence-electron chi connectivity index (χ3n) is 3.45. The Morgan fingerprint density at radius 1 is 1.44 bits per heavy atom. The first-order valence-electron chi connectivity index (χ1n) is 5.94. The number of anilines is 1. The van der Waals surface area contributed by atoms with E-state index in [9.17, 15) is 8.78 Å². The van der Waals surface area contributed by atoms with Gasteiger partial charge in [-0.15, -0.1) is 0 Å². The Labute approximate surface area is 105 Å². The van der Waals surface area contributed by atoms with E-state index >= 15 is 0 Å². The van der Waals surface area contributed by atoms with Gasteiger partial charge in [0.1, 0.15) is 11.6 Å². The molecule has 0 amide bonds. The molecule has 5 heteroatoms. The van der Waals surface area contributed by atoms with Crippen LogP contribution in [-0.4, -0.2) is 12.0 Å². The van der Waals surface area contributed by atoms with E-state index in [1.165, 1.54) is 0 Å². The minimum absolute atomic E-state index is 0.00776. The number of aliphatic imine (C=N–C) groups is 1. The fourth-order valence-electron chi connectivity index (χ4n) is 2.02. The third kappa shape index (κ3) is 2.60. The van der Waals surface area contributed by atoms with Crippen molar-refractivity contribution in [1.82, 2.24) is 0 Å². The van der Waals surface area contributed by atoms with Crippen LogP contribution in [0.2, 0.25) is 0 Å². The molecule has 1 aliphatic carbocycles. The van der Waals surface area contributed by atoms with Crippen molar-refractivity contribution in [3.05, 3.63) is 29.8 Å². The summed E-state index contributed by atoms with van der Waals surface area (Å²) < 4.78 is 26.3. The molecule has 2 rings (SSSR count). The highest BCUT2D eigenvalue weighted by atomic mass is 19.1. The number of halogens is 2. The maximum absolute atomic E-state index is 13.4. The average molecular weight is 253 g/mol. The number of nitrogens with zero attached hydrogens (tertiary/aromatic N) is 1. The van der Waals surface area contributed by atoms with Crippen LogP contribution in [0.1, 0.15) is 26.7 Å². The minimum atomic E-state index is -0.553. The Kier molecular flexibility index (Phi) is 3.24. The monoisotopic (exact) mass is 253 g/mol. The van der Waals surface area contributed by atoms with Crippen LogP contribution in [0, 0.1) is 17.0 Å². The quantitative estimate of drug-likeness (QED) is 0.629. The standard InChI is InChI=1S/C13H17F2N3/c1-13(2)6-5-11(13)18-12(16)17-10-7-8(14)3-4-9(10)15/h3-4,7,11H,5-6H2,1-2H3,(H3,16,17,18). The third-order valence-corrected chi connectivity index (χ3v) is 3.45. The molecule has 1 aromatic carbocycles. The van der Waals surface area contributed by atoms with Crippen LogP contribution in [0.5, 0.6) is 0 Å². The Balaban J connectivity index is 2.09. The van der Waals surface area contributed by atoms with Gasteiger partial charge >= 0.3 is 0 Å². The molecule has 0 aromatic heterocycles. The Morgan fingerprint density at radius 3 is 2.72 bits per heavy atom. The number of nitrogens with one attached hydrogen (secondary N) is 1. The van der Waals surface area contributed by atoms with E-state index in [2.05, 4.69) is 24.2 Å². The first-order chi connectivity index (χ1) is 8.38. The van der Waals surface area contributed by atoms with Gasteiger partial charge in [-0.2, -0.15) is 0 Å². The molecule has 1 atom stereocenters. The zero-order valence-electron chi connectivity index (χ0n) is 10.5. The van der Waals surface area contributed by atoms with Gasteiger partial charge in [0.05, 0.1) is 11.7 Å². The molecule has 1 unspecified atom stereocenters. The summed E-state index contributed by atoms with van der Waals surface area (Å²) in [7, 11) is 0. The number of guanidine groups is 1. The normalized spacial score (nSPS) is 22.4. The Hall–Kier alpha value is -1.65. The summed E-state index contributed by atoms with van der Waals surface area (Å²) in [4.78, 5) is 4.30. The minimum Gasteiger partial charge on any atom is -0.370 e. The van der Waals surface area contributed by atoms with Crippen molar-refractivity contribution in [2.24, 2.45) is 16.1 Å². The largest absolute Gasteiger partial charge is 0.370 e. The molecule has 0 radical (unpaired) electrons. The second kappa shape index (κ2) is 4.55. The van der Waals surface area contributed by atoms with E-state index in [4.69, 9.17) is 5.73 Å². The van der Waals surface area contributed by atoms with Crippen LogP contribution in [0.15, 0.2) is 23.2 Å². The van der Waals surface area contributed by atoms with Crippen molar-refractivity contribution in [2.45, 2.75) is 32.7 Å². The predicted molar refractivity (Wildman–Crippen MR) is 68.4 cm³/mol. The van der Waals surface area contributed by atoms with Gasteiger partial charge < -0.3 is 11.1 Å². The zero-order chi connectivity index (χ0) is 13.3. The Morgan fingerprint density at radius 2 is 2.17 bits per heavy atom. The first-order valence-corrected chi connectivity index (χ1v) is 5.94. The smallest absolute Gasteiger partial charge is 0.193 e. The summed E-state index contributed by atoms with van der Waals surface area (Å²) in [6.45, 7) is 4.22. The van der Waals surface area contributed by atoms with Gasteiger partial charge in [0.2, 0.25) is 0 Å². The molecule has 1 aromatic rings. The first kappa shape index (κ1) is 12.8. The highest BCUT2D eigenvalue weighted by Gasteiger charge is 2.38. The van der Waals surface area contributed by atoms with Gasteiger partial charge in [-0.1, -0.05) is 13.8 Å². The van der Waals surface area contributed by atoms with Crippen molar-refractivity contribution in [2.75, 3.05) is 5.32 Å². The fourth-order valence-corrected chi connectivity index (χ4v) is 2.02. The molecular formula is C13H17F2N3. The van der Waals surface area contributed by atoms with Gasteiger partial charge in [0, 0.05) is 6.07 Å². The summed E-state index contributed by atoms with van der Waals surface area (Å²) >= 11 is 0. The van der Waals surface area contributed by atoms with E-state index in [-0.39, 0.29) is 23.1 Å². The number of benzene rings is 1. The van der Waals surface area contributed by atoms with Gasteiger partial charge in [-0.3, -0.25) is 0 Å². The molecule has 0 spiro atoms. The predicted octanol–water partition coefficient (Wildman–Crippen LogP) is 2.88. The molecule has 0 heterocycles. The van der Waals surface area contributed by atoms with E-state index in [0.29, 0.717) is 0 Å². The van der Waals surface area contributed by atoms with E-state index in [1.54, 1.807) is 0 Å². The molecule has 1 fully saturated rings. The number of nitrogens with two attached hydrogens (primary N) is 1. The zero-order valence-corrected chi connectivity index (χ0v) is 10.5. The molecular weight excluding hydrogens is 236 g/mol. The maximum Gasteiger partial charge on any atom is 0.193 e. The van der Waals surface area contributed by atoms with E-state index in [0.717, 1.165) is 31.0 Å². The maximum atomic E-state index is 13.4. The molecule has 98 valence electrons. The molecule has 0 aliphatic heterocycles. The lowest BCUT2D eigenvalue weighted by Crippen LogP contribution is -2.40. The van der Waals surface area contributed by atoms with E-state index in [1.807, 2.05) is 0 Å². The molecule has 3 N–H and O–H groups in total. The van der Waals surface area contributed by atoms with Crippen molar-refractivity contribution in [1.29, 1.82) is 0 Å². The molecule has 18 heavy (non-hydrogen) atoms. The molecule has 0 bridgehead atoms. The second-order valence-corrected chi connectivity index (χ2v) is 5.31. The van der Waals surface area contributed by atoms with Gasteiger partial charge in [-0.05, 0) is 30.4 Å². The lowest BCUT2D eigenvalue weighted by atomic mass is 9.68. The van der Waals surface area contributed by atoms with Crippen LogP contribution in [-0.2, 0) is 0 Å². The van der Waals surface area contributed by atoms with Crippen molar-refractivity contribution in [3.63, 3.8) is 0 Å². The summed E-state index contributed by atoms with van der Waals surface area (Å²) in [6, 6.07) is 3.31. The van der Waals surface area contributed by atoms with Crippen molar-refractivity contribution >= 4 is 11.6 Å². The summed E-state index contributed by atoms with van der Waals surface area (Å²) in [5.74, 6) is -0.949. The Bertz CT molecular complexity index is 483. The van der Waals surface area contributed by atoms with Gasteiger partial charge in [0.15, 0.2) is 5.96 Å². The summed E-state index contributed by atoms with van der Waals surface area (Å²) in [5, 5.41) is 2.60. The molecule has 0 saturated heterocycles. The lowest BCUT2D eigenvalue weighted by molar-refractivity contribution is 0.145. The van der Waals surface area contributed by atoms with Crippen LogP contribution in [0.25, 0.3) is 0 Å².